The van der Waals surface area contributed by atoms with Crippen LogP contribution in [0.2, 0.25) is 0 Å². The highest BCUT2D eigenvalue weighted by Gasteiger charge is 2.19. The molecule has 1 aromatic carbocycles. The number of sulfone groups is 1. The molecule has 3 nitrogen and oxygen atoms in total. The van der Waals surface area contributed by atoms with Crippen LogP contribution in [0.4, 0.5) is 4.39 Å². The number of benzene rings is 1. The molecule has 0 saturated carbocycles. The summed E-state index contributed by atoms with van der Waals surface area (Å²) in [4.78, 5) is 0. The zero-order valence-corrected chi connectivity index (χ0v) is 13.9. The van der Waals surface area contributed by atoms with Gasteiger partial charge in [-0.25, -0.2) is 12.8 Å². The number of hydrogen-bond acceptors (Lipinski definition) is 3. The van der Waals surface area contributed by atoms with Crippen LogP contribution in [0.3, 0.4) is 0 Å². The Hall–Kier alpha value is -0.940. The van der Waals surface area contributed by atoms with Crippen LogP contribution in [-0.4, -0.2) is 32.5 Å². The maximum atomic E-state index is 14.0. The summed E-state index contributed by atoms with van der Waals surface area (Å²) >= 11 is 0. The Labute approximate surface area is 127 Å². The lowest BCUT2D eigenvalue weighted by Gasteiger charge is -2.20. The minimum absolute atomic E-state index is 0.111. The summed E-state index contributed by atoms with van der Waals surface area (Å²) in [5.74, 6) is -0.0741. The summed E-state index contributed by atoms with van der Waals surface area (Å²) in [6.45, 7) is 6.48. The van der Waals surface area contributed by atoms with Gasteiger partial charge in [-0.1, -0.05) is 39.0 Å². The van der Waals surface area contributed by atoms with E-state index in [0.717, 1.165) is 0 Å². The second-order valence-electron chi connectivity index (χ2n) is 5.72. The first-order valence-electron chi connectivity index (χ1n) is 7.54. The Kier molecular flexibility index (Phi) is 7.32. The second kappa shape index (κ2) is 8.49. The van der Waals surface area contributed by atoms with Crippen molar-refractivity contribution in [2.24, 2.45) is 0 Å². The Morgan fingerprint density at radius 2 is 1.86 bits per heavy atom. The molecule has 0 fully saturated rings. The van der Waals surface area contributed by atoms with Crippen molar-refractivity contribution in [1.82, 2.24) is 5.32 Å². The van der Waals surface area contributed by atoms with E-state index >= 15 is 0 Å². The van der Waals surface area contributed by atoms with Crippen molar-refractivity contribution in [3.8, 4) is 0 Å². The van der Waals surface area contributed by atoms with Crippen LogP contribution in [0.15, 0.2) is 24.3 Å². The molecule has 1 aromatic rings. The average molecular weight is 315 g/mol. The fourth-order valence-corrected chi connectivity index (χ4v) is 3.76. The maximum Gasteiger partial charge on any atom is 0.150 e. The molecule has 1 N–H and O–H groups in total. The van der Waals surface area contributed by atoms with E-state index in [9.17, 15) is 12.8 Å². The van der Waals surface area contributed by atoms with Crippen molar-refractivity contribution in [3.05, 3.63) is 35.6 Å². The van der Waals surface area contributed by atoms with Gasteiger partial charge in [-0.2, -0.15) is 0 Å². The van der Waals surface area contributed by atoms with Gasteiger partial charge >= 0.3 is 0 Å². The topological polar surface area (TPSA) is 46.2 Å². The number of hydrogen-bond donors (Lipinski definition) is 1. The van der Waals surface area contributed by atoms with Crippen LogP contribution in [0.5, 0.6) is 0 Å². The van der Waals surface area contributed by atoms with E-state index in [2.05, 4.69) is 5.32 Å². The predicted octanol–water partition coefficient (Wildman–Crippen LogP) is 3.12. The van der Waals surface area contributed by atoms with Crippen LogP contribution >= 0.6 is 0 Å². The molecule has 0 bridgehead atoms. The molecule has 0 saturated heterocycles. The molecule has 0 radical (unpaired) electrons. The molecule has 0 amide bonds. The molecule has 0 heterocycles. The van der Waals surface area contributed by atoms with Crippen LogP contribution in [-0.2, 0) is 9.84 Å². The van der Waals surface area contributed by atoms with Crippen LogP contribution in [0, 0.1) is 5.82 Å². The zero-order valence-electron chi connectivity index (χ0n) is 13.1. The zero-order chi connectivity index (χ0) is 15.9. The van der Waals surface area contributed by atoms with Crippen LogP contribution < -0.4 is 5.32 Å². The third kappa shape index (κ3) is 6.57. The maximum absolute atomic E-state index is 14.0. The third-order valence-electron chi connectivity index (χ3n) is 3.41. The van der Waals surface area contributed by atoms with E-state index in [1.165, 1.54) is 6.07 Å². The largest absolute Gasteiger partial charge is 0.314 e. The summed E-state index contributed by atoms with van der Waals surface area (Å²) in [5.41, 5.74) is 0.595. The molecule has 0 aliphatic carbocycles. The molecule has 0 spiro atoms. The van der Waals surface area contributed by atoms with E-state index in [0.29, 0.717) is 24.9 Å². The Bertz CT molecular complexity index is 529. The van der Waals surface area contributed by atoms with Crippen molar-refractivity contribution >= 4 is 9.84 Å². The molecule has 0 aromatic heterocycles. The van der Waals surface area contributed by atoms with Crippen molar-refractivity contribution in [3.63, 3.8) is 0 Å². The van der Waals surface area contributed by atoms with Crippen molar-refractivity contribution < 1.29 is 12.8 Å². The number of rotatable bonds is 9. The summed E-state index contributed by atoms with van der Waals surface area (Å²) in [6, 6.07) is 6.90. The summed E-state index contributed by atoms with van der Waals surface area (Å²) in [5, 5.41) is 3.28. The summed E-state index contributed by atoms with van der Waals surface area (Å²) < 4.78 is 37.7. The molecular weight excluding hydrogens is 289 g/mol. The minimum Gasteiger partial charge on any atom is -0.314 e. The predicted molar refractivity (Wildman–Crippen MR) is 85.8 cm³/mol. The van der Waals surface area contributed by atoms with E-state index < -0.39 is 9.84 Å². The summed E-state index contributed by atoms with van der Waals surface area (Å²) in [7, 11) is -3.04. The van der Waals surface area contributed by atoms with Gasteiger partial charge in [-0.05, 0) is 24.5 Å². The normalized spacial score (nSPS) is 13.6. The van der Waals surface area contributed by atoms with Gasteiger partial charge in [0.15, 0.2) is 0 Å². The quantitative estimate of drug-likeness (QED) is 0.761. The van der Waals surface area contributed by atoms with Crippen LogP contribution in [0.1, 0.15) is 45.1 Å². The first-order chi connectivity index (χ1) is 9.85. The van der Waals surface area contributed by atoms with Gasteiger partial charge in [0.2, 0.25) is 0 Å². The SMILES string of the molecule is CCCS(=O)(=O)CCC(CNC(C)C)c1ccccc1F. The Morgan fingerprint density at radius 1 is 1.19 bits per heavy atom. The lowest BCUT2D eigenvalue weighted by molar-refractivity contribution is 0.497. The molecule has 120 valence electrons. The van der Waals surface area contributed by atoms with E-state index in [-0.39, 0.29) is 29.3 Å². The Morgan fingerprint density at radius 3 is 2.43 bits per heavy atom. The van der Waals surface area contributed by atoms with Gasteiger partial charge in [-0.3, -0.25) is 0 Å². The second-order valence-corrected chi connectivity index (χ2v) is 8.03. The first kappa shape index (κ1) is 18.1. The smallest absolute Gasteiger partial charge is 0.150 e. The van der Waals surface area contributed by atoms with Crippen LogP contribution in [0.25, 0.3) is 0 Å². The van der Waals surface area contributed by atoms with Gasteiger partial charge < -0.3 is 5.32 Å². The molecule has 0 aliphatic heterocycles. The Balaban J connectivity index is 2.81. The highest BCUT2D eigenvalue weighted by atomic mass is 32.2. The minimum atomic E-state index is -3.04. The van der Waals surface area contributed by atoms with E-state index in [1.54, 1.807) is 18.2 Å². The first-order valence-corrected chi connectivity index (χ1v) is 9.36. The third-order valence-corrected chi connectivity index (χ3v) is 5.30. The standard InChI is InChI=1S/C16H26FNO2S/c1-4-10-21(19,20)11-9-14(12-18-13(2)3)15-7-5-6-8-16(15)17/h5-8,13-14,18H,4,9-12H2,1-3H3. The van der Waals surface area contributed by atoms with Gasteiger partial charge in [0.1, 0.15) is 15.7 Å². The van der Waals surface area contributed by atoms with Gasteiger partial charge in [0.05, 0.1) is 5.75 Å². The van der Waals surface area contributed by atoms with Crippen molar-refractivity contribution in [1.29, 1.82) is 0 Å². The molecule has 1 unspecified atom stereocenters. The highest BCUT2D eigenvalue weighted by Crippen LogP contribution is 2.23. The molecule has 1 atom stereocenters. The fraction of sp³-hybridized carbons (Fsp3) is 0.625. The lowest BCUT2D eigenvalue weighted by atomic mass is 9.95. The monoisotopic (exact) mass is 315 g/mol. The molecule has 1 rings (SSSR count). The van der Waals surface area contributed by atoms with Crippen molar-refractivity contribution in [2.75, 3.05) is 18.1 Å². The molecule has 5 heteroatoms. The van der Waals surface area contributed by atoms with Gasteiger partial charge in [0, 0.05) is 24.3 Å². The highest BCUT2D eigenvalue weighted by molar-refractivity contribution is 7.91. The van der Waals surface area contributed by atoms with E-state index in [1.807, 2.05) is 20.8 Å². The van der Waals surface area contributed by atoms with E-state index in [4.69, 9.17) is 0 Å². The van der Waals surface area contributed by atoms with Crippen molar-refractivity contribution in [2.45, 2.75) is 45.6 Å². The van der Waals surface area contributed by atoms with Gasteiger partial charge in [-0.15, -0.1) is 0 Å². The van der Waals surface area contributed by atoms with Gasteiger partial charge in [0.25, 0.3) is 0 Å². The lowest BCUT2D eigenvalue weighted by Crippen LogP contribution is -2.29. The molecular formula is C16H26FNO2S. The summed E-state index contributed by atoms with van der Waals surface area (Å²) in [6.07, 6.45) is 1.07. The number of halogens is 1. The number of nitrogens with one attached hydrogen (secondary N) is 1. The average Bonchev–Trinajstić information content (AvgIpc) is 2.39. The molecule has 0 aliphatic rings. The molecule has 21 heavy (non-hydrogen) atoms. The fourth-order valence-electron chi connectivity index (χ4n) is 2.29.